The van der Waals surface area contributed by atoms with Crippen molar-refractivity contribution in [3.8, 4) is 5.82 Å². The molecule has 4 rings (SSSR count). The monoisotopic (exact) mass is 417 g/mol. The molecule has 1 amide bonds. The van der Waals surface area contributed by atoms with E-state index in [1.165, 1.54) is 31.5 Å². The highest BCUT2D eigenvalue weighted by Crippen LogP contribution is 2.18. The number of nitrogens with zero attached hydrogens (tertiary/aromatic N) is 4. The second kappa shape index (κ2) is 9.43. The van der Waals surface area contributed by atoms with Gasteiger partial charge in [0.1, 0.15) is 0 Å². The van der Waals surface area contributed by atoms with Gasteiger partial charge in [0.2, 0.25) is 0 Å². The van der Waals surface area contributed by atoms with Gasteiger partial charge in [-0.15, -0.1) is 0 Å². The van der Waals surface area contributed by atoms with Gasteiger partial charge in [0, 0.05) is 31.5 Å². The van der Waals surface area contributed by atoms with E-state index in [2.05, 4.69) is 51.5 Å². The molecule has 162 valence electrons. The van der Waals surface area contributed by atoms with Crippen molar-refractivity contribution in [3.63, 3.8) is 0 Å². The van der Waals surface area contributed by atoms with Crippen LogP contribution in [-0.4, -0.2) is 38.7 Å². The molecule has 1 fully saturated rings. The first-order chi connectivity index (χ1) is 15.0. The highest BCUT2D eigenvalue weighted by Gasteiger charge is 2.16. The number of hydrogen-bond acceptors (Lipinski definition) is 4. The van der Waals surface area contributed by atoms with E-state index in [0.29, 0.717) is 17.9 Å². The first-order valence-corrected chi connectivity index (χ1v) is 11.1. The molecule has 1 aromatic carbocycles. The highest BCUT2D eigenvalue weighted by atomic mass is 16.1. The molecule has 0 bridgehead atoms. The van der Waals surface area contributed by atoms with Gasteiger partial charge < -0.3 is 5.32 Å². The molecule has 1 unspecified atom stereocenters. The minimum atomic E-state index is -0.126. The summed E-state index contributed by atoms with van der Waals surface area (Å²) in [7, 11) is 0. The number of rotatable bonds is 6. The van der Waals surface area contributed by atoms with Crippen LogP contribution in [0.3, 0.4) is 0 Å². The van der Waals surface area contributed by atoms with Gasteiger partial charge in [-0.1, -0.05) is 31.2 Å². The first kappa shape index (κ1) is 21.2. The Kier molecular flexibility index (Phi) is 6.47. The van der Waals surface area contributed by atoms with Gasteiger partial charge >= 0.3 is 0 Å². The highest BCUT2D eigenvalue weighted by molar-refractivity contribution is 5.93. The van der Waals surface area contributed by atoms with Gasteiger partial charge in [-0.05, 0) is 68.5 Å². The lowest BCUT2D eigenvalue weighted by atomic mass is 9.99. The third-order valence-corrected chi connectivity index (χ3v) is 5.86. The van der Waals surface area contributed by atoms with E-state index < -0.39 is 0 Å². The number of carbonyl (C=O) groups is 1. The van der Waals surface area contributed by atoms with Crippen LogP contribution in [-0.2, 0) is 13.1 Å². The van der Waals surface area contributed by atoms with Crippen LogP contribution < -0.4 is 5.32 Å². The molecule has 1 aliphatic heterocycles. The average molecular weight is 418 g/mol. The van der Waals surface area contributed by atoms with Crippen molar-refractivity contribution in [2.45, 2.75) is 46.7 Å². The maximum absolute atomic E-state index is 12.5. The second-order valence-electron chi connectivity index (χ2n) is 8.73. The third kappa shape index (κ3) is 5.39. The van der Waals surface area contributed by atoms with Crippen molar-refractivity contribution in [2.75, 3.05) is 13.1 Å². The van der Waals surface area contributed by atoms with Crippen LogP contribution >= 0.6 is 0 Å². The van der Waals surface area contributed by atoms with Crippen LogP contribution in [0.5, 0.6) is 0 Å². The standard InChI is InChI=1S/C25H31N5O/c1-18-5-4-12-29(16-18)17-22-8-6-21(7-9-22)14-27-25(31)23-10-11-24(26-15-23)30-20(3)13-19(2)28-30/h6-11,13,15,18H,4-5,12,14,16-17H2,1-3H3,(H,27,31). The fraction of sp³-hybridized carbons (Fsp3) is 0.400. The summed E-state index contributed by atoms with van der Waals surface area (Å²) < 4.78 is 1.78. The van der Waals surface area contributed by atoms with E-state index in [4.69, 9.17) is 0 Å². The molecule has 2 aromatic heterocycles. The minimum absolute atomic E-state index is 0.126. The van der Waals surface area contributed by atoms with Crippen molar-refractivity contribution < 1.29 is 4.79 Å². The summed E-state index contributed by atoms with van der Waals surface area (Å²) >= 11 is 0. The summed E-state index contributed by atoms with van der Waals surface area (Å²) in [5.41, 5.74) is 4.92. The molecule has 0 aliphatic carbocycles. The fourth-order valence-electron chi connectivity index (χ4n) is 4.24. The average Bonchev–Trinajstić information content (AvgIpc) is 3.11. The molecule has 0 saturated carbocycles. The number of benzene rings is 1. The van der Waals surface area contributed by atoms with Crippen LogP contribution in [0.15, 0.2) is 48.7 Å². The molecule has 31 heavy (non-hydrogen) atoms. The Bertz CT molecular complexity index is 1020. The lowest BCUT2D eigenvalue weighted by molar-refractivity contribution is 0.0950. The summed E-state index contributed by atoms with van der Waals surface area (Å²) in [6.07, 6.45) is 4.24. The Labute approximate surface area is 184 Å². The number of likely N-dealkylation sites (tertiary alicyclic amines) is 1. The number of piperidine rings is 1. The predicted octanol–water partition coefficient (Wildman–Crippen LogP) is 4.05. The van der Waals surface area contributed by atoms with Gasteiger partial charge in [0.25, 0.3) is 5.91 Å². The molecule has 6 heteroatoms. The molecule has 3 aromatic rings. The Morgan fingerprint density at radius 1 is 1.13 bits per heavy atom. The maximum Gasteiger partial charge on any atom is 0.253 e. The molecule has 0 radical (unpaired) electrons. The van der Waals surface area contributed by atoms with Crippen LogP contribution in [0.4, 0.5) is 0 Å². The zero-order chi connectivity index (χ0) is 21.8. The van der Waals surface area contributed by atoms with E-state index >= 15 is 0 Å². The number of carbonyl (C=O) groups excluding carboxylic acids is 1. The number of pyridine rings is 1. The summed E-state index contributed by atoms with van der Waals surface area (Å²) in [6.45, 7) is 10.1. The number of nitrogens with one attached hydrogen (secondary N) is 1. The van der Waals surface area contributed by atoms with Crippen molar-refractivity contribution in [2.24, 2.45) is 5.92 Å². The molecular formula is C25H31N5O. The van der Waals surface area contributed by atoms with Gasteiger partial charge in [-0.2, -0.15) is 5.10 Å². The number of amides is 1. The third-order valence-electron chi connectivity index (χ3n) is 5.86. The van der Waals surface area contributed by atoms with Gasteiger partial charge in [0.15, 0.2) is 5.82 Å². The molecular weight excluding hydrogens is 386 g/mol. The molecule has 1 N–H and O–H groups in total. The Balaban J connectivity index is 1.30. The van der Waals surface area contributed by atoms with E-state index in [0.717, 1.165) is 29.4 Å². The minimum Gasteiger partial charge on any atom is -0.348 e. The van der Waals surface area contributed by atoms with E-state index in [9.17, 15) is 4.79 Å². The Morgan fingerprint density at radius 2 is 1.90 bits per heavy atom. The largest absolute Gasteiger partial charge is 0.348 e. The summed E-state index contributed by atoms with van der Waals surface area (Å²) in [5.74, 6) is 1.37. The zero-order valence-electron chi connectivity index (χ0n) is 18.6. The van der Waals surface area contributed by atoms with E-state index in [-0.39, 0.29) is 5.91 Å². The van der Waals surface area contributed by atoms with Crippen molar-refractivity contribution in [1.82, 2.24) is 25.0 Å². The van der Waals surface area contributed by atoms with Crippen LogP contribution in [0.1, 0.15) is 52.6 Å². The first-order valence-electron chi connectivity index (χ1n) is 11.1. The lowest BCUT2D eigenvalue weighted by Gasteiger charge is -2.30. The van der Waals surface area contributed by atoms with Crippen LogP contribution in [0, 0.1) is 19.8 Å². The smallest absolute Gasteiger partial charge is 0.253 e. The van der Waals surface area contributed by atoms with Gasteiger partial charge in [0.05, 0.1) is 11.3 Å². The summed E-state index contributed by atoms with van der Waals surface area (Å²) in [5, 5.41) is 7.41. The van der Waals surface area contributed by atoms with Crippen LogP contribution in [0.25, 0.3) is 5.82 Å². The topological polar surface area (TPSA) is 63.1 Å². The quantitative estimate of drug-likeness (QED) is 0.657. The summed E-state index contributed by atoms with van der Waals surface area (Å²) in [4.78, 5) is 19.5. The fourth-order valence-corrected chi connectivity index (χ4v) is 4.24. The predicted molar refractivity (Wildman–Crippen MR) is 122 cm³/mol. The normalized spacial score (nSPS) is 16.9. The SMILES string of the molecule is Cc1cc(C)n(-c2ccc(C(=O)NCc3ccc(CN4CCCC(C)C4)cc3)cn2)n1. The number of aryl methyl sites for hydroxylation is 2. The molecule has 0 spiro atoms. The van der Waals surface area contributed by atoms with Gasteiger partial charge in [-0.25, -0.2) is 9.67 Å². The molecule has 1 aliphatic rings. The second-order valence-corrected chi connectivity index (χ2v) is 8.73. The number of hydrogen-bond donors (Lipinski definition) is 1. The molecule has 3 heterocycles. The van der Waals surface area contributed by atoms with Crippen molar-refractivity contribution >= 4 is 5.91 Å². The van der Waals surface area contributed by atoms with Crippen molar-refractivity contribution in [3.05, 3.63) is 76.7 Å². The van der Waals surface area contributed by atoms with Crippen LogP contribution in [0.2, 0.25) is 0 Å². The van der Waals surface area contributed by atoms with Crippen molar-refractivity contribution in [1.29, 1.82) is 0 Å². The molecule has 1 atom stereocenters. The zero-order valence-corrected chi connectivity index (χ0v) is 18.6. The summed E-state index contributed by atoms with van der Waals surface area (Å²) in [6, 6.07) is 14.2. The molecule has 1 saturated heterocycles. The lowest BCUT2D eigenvalue weighted by Crippen LogP contribution is -2.33. The Morgan fingerprint density at radius 3 is 2.55 bits per heavy atom. The van der Waals surface area contributed by atoms with Gasteiger partial charge in [-0.3, -0.25) is 9.69 Å². The molecule has 6 nitrogen and oxygen atoms in total. The van der Waals surface area contributed by atoms with E-state index in [1.807, 2.05) is 26.0 Å². The maximum atomic E-state index is 12.5. The van der Waals surface area contributed by atoms with E-state index in [1.54, 1.807) is 16.9 Å². The Hall–Kier alpha value is -2.99. The number of aromatic nitrogens is 3.